The standard InChI is InChI=1S/3ClH.4H3N/h3*1H;4*1H3. The smallest absolute Gasteiger partial charge is 0.147 e. The summed E-state index contributed by atoms with van der Waals surface area (Å²) < 4.78 is 0. The molecule has 0 bridgehead atoms. The van der Waals surface area contributed by atoms with Gasteiger partial charge in [0.1, 0.15) is 0 Å². The van der Waals surface area contributed by atoms with Crippen LogP contribution in [-0.4, -0.2) is 0 Å². The molecule has 0 aliphatic rings. The highest BCUT2D eigenvalue weighted by molar-refractivity contribution is 5.86. The van der Waals surface area contributed by atoms with Gasteiger partial charge in [0.2, 0.25) is 0 Å². The molecule has 4 nitrogen and oxygen atoms in total. The van der Waals surface area contributed by atoms with Crippen LogP contribution in [0.2, 0.25) is 0 Å². The van der Waals surface area contributed by atoms with E-state index in [9.17, 15) is 0 Å². The van der Waals surface area contributed by atoms with Gasteiger partial charge in [0.05, 0.1) is 0 Å². The molecule has 0 amide bonds. The molecule has 0 aromatic carbocycles. The maximum absolute atomic E-state index is 0. The van der Waals surface area contributed by atoms with E-state index < -0.39 is 0 Å². The minimum absolute atomic E-state index is 0. The molecule has 0 aliphatic heterocycles. The van der Waals surface area contributed by atoms with Crippen LogP contribution in [0.4, 0.5) is 0 Å². The predicted molar refractivity (Wildman–Crippen MR) is 41.8 cm³/mol. The van der Waals surface area contributed by atoms with Crippen LogP contribution in [0.25, 0.3) is 0 Å². The molecule has 0 atom stereocenters. The van der Waals surface area contributed by atoms with Crippen molar-refractivity contribution >= 4 is 37.2 Å². The van der Waals surface area contributed by atoms with Crippen molar-refractivity contribution in [3.63, 3.8) is 0 Å². The van der Waals surface area contributed by atoms with Crippen molar-refractivity contribution in [3.8, 4) is 0 Å². The van der Waals surface area contributed by atoms with E-state index in [1.165, 1.54) is 0 Å². The first kappa shape index (κ1) is 689. The Morgan fingerprint density at radius 3 is 0.286 bits per heavy atom. The molecule has 0 rings (SSSR count). The van der Waals surface area contributed by atoms with Crippen LogP contribution in [0.15, 0.2) is 0 Å². The Bertz CT molecular complexity index is 6.90. The van der Waals surface area contributed by atoms with Gasteiger partial charge in [-0.2, -0.15) is 0 Å². The Balaban J connectivity index is 0. The van der Waals surface area contributed by atoms with Crippen LogP contribution >= 0.6 is 37.2 Å². The third-order valence-electron chi connectivity index (χ3n) is 0. The van der Waals surface area contributed by atoms with Gasteiger partial charge in [0, 0.05) is 0 Å². The van der Waals surface area contributed by atoms with E-state index in [0.29, 0.717) is 0 Å². The number of hydrogen-bond donors (Lipinski definition) is 4. The third kappa shape index (κ3) is 295. The second kappa shape index (κ2) is 434. The van der Waals surface area contributed by atoms with Crippen LogP contribution in [0, 0.1) is 0 Å². The number of hydrogen-bond acceptors (Lipinski definition) is 4. The predicted octanol–water partition coefficient (Wildman–Crippen LogP) is 1.91. The summed E-state index contributed by atoms with van der Waals surface area (Å²) in [4.78, 5) is 0. The Morgan fingerprint density at radius 2 is 0.286 bits per heavy atom. The van der Waals surface area contributed by atoms with Crippen molar-refractivity contribution in [2.24, 2.45) is 0 Å². The van der Waals surface area contributed by atoms with Gasteiger partial charge < -0.3 is 24.6 Å². The van der Waals surface area contributed by atoms with Crippen LogP contribution in [0.5, 0.6) is 0 Å². The number of rotatable bonds is 0. The van der Waals surface area contributed by atoms with E-state index in [4.69, 9.17) is 0 Å². The molecule has 0 saturated heterocycles. The number of halogens is 3. The topological polar surface area (TPSA) is 140 Å². The molecule has 0 saturated carbocycles. The van der Waals surface area contributed by atoms with E-state index in [0.717, 1.165) is 0 Å². The van der Waals surface area contributed by atoms with Gasteiger partial charge in [-0.05, 0) is 0 Å². The van der Waals surface area contributed by atoms with Crippen molar-refractivity contribution in [2.45, 2.75) is 0 Å². The zero-order valence-electron chi connectivity index (χ0n) is 4.05. The molecule has 56 valence electrons. The van der Waals surface area contributed by atoms with Gasteiger partial charge in [-0.25, -0.2) is 0 Å². The van der Waals surface area contributed by atoms with E-state index in [1.807, 2.05) is 0 Å². The quantitative estimate of drug-likeness (QED) is 0.448. The zero-order valence-corrected chi connectivity index (χ0v) is 6.50. The van der Waals surface area contributed by atoms with Crippen molar-refractivity contribution in [2.75, 3.05) is 0 Å². The van der Waals surface area contributed by atoms with Crippen LogP contribution in [-0.2, 0) is 0 Å². The Labute approximate surface area is 62.4 Å². The van der Waals surface area contributed by atoms with Crippen LogP contribution in [0.1, 0.15) is 0 Å². The highest BCUT2D eigenvalue weighted by Crippen LogP contribution is 0.692. The van der Waals surface area contributed by atoms with Gasteiger partial charge in [-0.3, -0.25) is 0 Å². The highest BCUT2D eigenvalue weighted by atomic mass is 35.5. The van der Waals surface area contributed by atoms with E-state index >= 15 is 0 Å². The molecule has 0 aromatic heterocycles. The summed E-state index contributed by atoms with van der Waals surface area (Å²) in [7, 11) is 0. The molecule has 0 radical (unpaired) electrons. The fourth-order valence-corrected chi connectivity index (χ4v) is 0. The summed E-state index contributed by atoms with van der Waals surface area (Å²) in [6.07, 6.45) is 0. The largest absolute Gasteiger partial charge is 0.344 e. The summed E-state index contributed by atoms with van der Waals surface area (Å²) in [6, 6.07) is 0. The summed E-state index contributed by atoms with van der Waals surface area (Å²) in [5.74, 6) is 0. The summed E-state index contributed by atoms with van der Waals surface area (Å²) in [6.45, 7) is 0. The lowest BCUT2D eigenvalue weighted by Crippen LogP contribution is -0.482. The lowest BCUT2D eigenvalue weighted by atomic mass is 14.0. The van der Waals surface area contributed by atoms with E-state index in [1.54, 1.807) is 0 Å². The molecule has 12 N–H and O–H groups in total. The van der Waals surface area contributed by atoms with Gasteiger partial charge in [-0.1, -0.05) is 0 Å². The minimum Gasteiger partial charge on any atom is -0.344 e. The zero-order chi connectivity index (χ0) is 0. The fourth-order valence-electron chi connectivity index (χ4n) is 0. The normalized spacial score (nSPS) is 0. The first-order chi connectivity index (χ1) is 0. The Hall–Kier alpha value is 0.710. The van der Waals surface area contributed by atoms with Gasteiger partial charge in [0.15, 0.2) is 0 Å². The fraction of sp³-hybridized carbons (Fsp3) is 0. The Kier molecular flexibility index (Phi) is 42700. The average molecular weight is 178 g/mol. The van der Waals surface area contributed by atoms with E-state index in [-0.39, 0.29) is 61.8 Å². The van der Waals surface area contributed by atoms with Gasteiger partial charge in [-0.15, -0.1) is 37.2 Å². The van der Waals surface area contributed by atoms with Crippen LogP contribution < -0.4 is 24.6 Å². The lowest BCUT2D eigenvalue weighted by Gasteiger charge is -0.345. The molecule has 7 heteroatoms. The van der Waals surface area contributed by atoms with Crippen molar-refractivity contribution in [3.05, 3.63) is 0 Å². The molecule has 0 spiro atoms. The van der Waals surface area contributed by atoms with Crippen molar-refractivity contribution < 1.29 is 0 Å². The molecule has 0 unspecified atom stereocenters. The lowest BCUT2D eigenvalue weighted by molar-refractivity contribution is 2.13. The molecule has 0 aromatic rings. The van der Waals surface area contributed by atoms with Crippen molar-refractivity contribution in [1.82, 2.24) is 24.6 Å². The summed E-state index contributed by atoms with van der Waals surface area (Å²) >= 11 is 0. The maximum Gasteiger partial charge on any atom is -0.147 e. The second-order valence-electron chi connectivity index (χ2n) is 0. The molecule has 0 heterocycles. The maximum atomic E-state index is 0. The Morgan fingerprint density at radius 1 is 0.286 bits per heavy atom. The van der Waals surface area contributed by atoms with Crippen LogP contribution in [0.3, 0.4) is 0 Å². The monoisotopic (exact) mass is 176 g/mol. The van der Waals surface area contributed by atoms with Crippen molar-refractivity contribution in [1.29, 1.82) is 0 Å². The molecular formula is H15Cl3N4. The SMILES string of the molecule is Cl.Cl.Cl.N.N.N.N. The molecule has 7 heavy (non-hydrogen) atoms. The minimum atomic E-state index is 0. The second-order valence-corrected chi connectivity index (χ2v) is 0. The van der Waals surface area contributed by atoms with E-state index in [2.05, 4.69) is 0 Å². The molecule has 0 fully saturated rings. The average Bonchev–Trinajstić information content (AvgIpc) is 0. The van der Waals surface area contributed by atoms with Gasteiger partial charge >= 0.3 is 0 Å². The first-order valence-corrected chi connectivity index (χ1v) is 0. The summed E-state index contributed by atoms with van der Waals surface area (Å²) in [5.41, 5.74) is 0. The third-order valence-corrected chi connectivity index (χ3v) is 0. The molecular weight excluding hydrogens is 162 g/mol. The van der Waals surface area contributed by atoms with Gasteiger partial charge in [0.25, 0.3) is 0 Å². The molecule has 0 aliphatic carbocycles. The summed E-state index contributed by atoms with van der Waals surface area (Å²) in [5, 5.41) is 0. The highest BCUT2D eigenvalue weighted by Gasteiger charge is -0.145. The first-order valence-electron chi connectivity index (χ1n) is 0.